The number of nitrogens with one attached hydrogen (secondary N) is 1. The minimum absolute atomic E-state index is 0.516. The number of nitrogens with zero attached hydrogens (tertiary/aromatic N) is 2. The number of anilines is 1. The average molecular weight is 195 g/mol. The Hall–Kier alpha value is -0.990. The fraction of sp³-hybridized carbons (Fsp3) is 0.727. The molecule has 0 aromatic carbocycles. The molecule has 80 valence electrons. The molecule has 1 unspecified atom stereocenters. The SMILES string of the molecule is CCCCC(C)Nc1nccn1CC. The van der Waals surface area contributed by atoms with Gasteiger partial charge in [-0.2, -0.15) is 0 Å². The highest BCUT2D eigenvalue weighted by Crippen LogP contribution is 2.09. The Morgan fingerprint density at radius 3 is 2.93 bits per heavy atom. The van der Waals surface area contributed by atoms with Gasteiger partial charge in [0.25, 0.3) is 0 Å². The summed E-state index contributed by atoms with van der Waals surface area (Å²) < 4.78 is 2.13. The van der Waals surface area contributed by atoms with Crippen molar-refractivity contribution in [1.82, 2.24) is 9.55 Å². The molecule has 0 aliphatic heterocycles. The maximum Gasteiger partial charge on any atom is 0.202 e. The molecule has 0 aliphatic carbocycles. The van der Waals surface area contributed by atoms with Gasteiger partial charge in [-0.05, 0) is 20.3 Å². The maximum atomic E-state index is 4.29. The van der Waals surface area contributed by atoms with Crippen LogP contribution in [-0.4, -0.2) is 15.6 Å². The number of unbranched alkanes of at least 4 members (excludes halogenated alkanes) is 1. The standard InChI is InChI=1S/C11H21N3/c1-4-6-7-10(3)13-11-12-8-9-14(11)5-2/h8-10H,4-7H2,1-3H3,(H,12,13). The lowest BCUT2D eigenvalue weighted by atomic mass is 10.1. The van der Waals surface area contributed by atoms with E-state index in [0.29, 0.717) is 6.04 Å². The van der Waals surface area contributed by atoms with Gasteiger partial charge in [-0.25, -0.2) is 4.98 Å². The van der Waals surface area contributed by atoms with Crippen LogP contribution in [0.15, 0.2) is 12.4 Å². The summed E-state index contributed by atoms with van der Waals surface area (Å²) in [5.41, 5.74) is 0. The quantitative estimate of drug-likeness (QED) is 0.756. The van der Waals surface area contributed by atoms with Crippen LogP contribution in [0.3, 0.4) is 0 Å². The fourth-order valence-corrected chi connectivity index (χ4v) is 1.51. The number of hydrogen-bond donors (Lipinski definition) is 1. The molecule has 0 saturated carbocycles. The highest BCUT2D eigenvalue weighted by atomic mass is 15.2. The largest absolute Gasteiger partial charge is 0.353 e. The Balaban J connectivity index is 2.42. The summed E-state index contributed by atoms with van der Waals surface area (Å²) >= 11 is 0. The van der Waals surface area contributed by atoms with Crippen molar-refractivity contribution in [3.8, 4) is 0 Å². The van der Waals surface area contributed by atoms with Crippen molar-refractivity contribution >= 4 is 5.95 Å². The van der Waals surface area contributed by atoms with Gasteiger partial charge < -0.3 is 9.88 Å². The molecule has 14 heavy (non-hydrogen) atoms. The van der Waals surface area contributed by atoms with E-state index in [1.807, 2.05) is 12.4 Å². The zero-order chi connectivity index (χ0) is 10.4. The zero-order valence-electron chi connectivity index (χ0n) is 9.45. The number of aromatic nitrogens is 2. The lowest BCUT2D eigenvalue weighted by molar-refractivity contribution is 0.632. The van der Waals surface area contributed by atoms with E-state index in [9.17, 15) is 0 Å². The molecule has 0 aliphatic rings. The van der Waals surface area contributed by atoms with Gasteiger partial charge in [0.2, 0.25) is 5.95 Å². The van der Waals surface area contributed by atoms with Crippen LogP contribution in [0, 0.1) is 0 Å². The molecule has 1 atom stereocenters. The Morgan fingerprint density at radius 1 is 1.50 bits per heavy atom. The molecule has 1 aromatic heterocycles. The third kappa shape index (κ3) is 3.05. The van der Waals surface area contributed by atoms with Gasteiger partial charge in [0.1, 0.15) is 0 Å². The van der Waals surface area contributed by atoms with E-state index in [4.69, 9.17) is 0 Å². The minimum Gasteiger partial charge on any atom is -0.353 e. The monoisotopic (exact) mass is 195 g/mol. The second-order valence-electron chi connectivity index (χ2n) is 3.72. The molecule has 0 bridgehead atoms. The molecule has 3 heteroatoms. The molecule has 1 aromatic rings. The van der Waals surface area contributed by atoms with Crippen LogP contribution in [0.4, 0.5) is 5.95 Å². The van der Waals surface area contributed by atoms with Crippen molar-refractivity contribution in [3.05, 3.63) is 12.4 Å². The van der Waals surface area contributed by atoms with Gasteiger partial charge in [0, 0.05) is 25.0 Å². The summed E-state index contributed by atoms with van der Waals surface area (Å²) in [5.74, 6) is 0.996. The van der Waals surface area contributed by atoms with Gasteiger partial charge in [-0.15, -0.1) is 0 Å². The van der Waals surface area contributed by atoms with Gasteiger partial charge in [0.15, 0.2) is 0 Å². The lowest BCUT2D eigenvalue weighted by Gasteiger charge is -2.14. The number of imidazole rings is 1. The van der Waals surface area contributed by atoms with E-state index in [-0.39, 0.29) is 0 Å². The van der Waals surface area contributed by atoms with Crippen LogP contribution in [0.5, 0.6) is 0 Å². The predicted octanol–water partition coefficient (Wildman–Crippen LogP) is 2.89. The first-order chi connectivity index (χ1) is 6.77. The van der Waals surface area contributed by atoms with Crippen molar-refractivity contribution in [3.63, 3.8) is 0 Å². The third-order valence-electron chi connectivity index (χ3n) is 2.42. The summed E-state index contributed by atoms with van der Waals surface area (Å²) in [6, 6.07) is 0.516. The number of aryl methyl sites for hydroxylation is 1. The Bertz CT molecular complexity index is 255. The predicted molar refractivity (Wildman–Crippen MR) is 60.5 cm³/mol. The van der Waals surface area contributed by atoms with Gasteiger partial charge in [0.05, 0.1) is 0 Å². The van der Waals surface area contributed by atoms with E-state index < -0.39 is 0 Å². The molecule has 1 N–H and O–H groups in total. The number of hydrogen-bond acceptors (Lipinski definition) is 2. The van der Waals surface area contributed by atoms with Crippen molar-refractivity contribution in [2.75, 3.05) is 5.32 Å². The third-order valence-corrected chi connectivity index (χ3v) is 2.42. The van der Waals surface area contributed by atoms with Crippen LogP contribution in [-0.2, 0) is 6.54 Å². The van der Waals surface area contributed by atoms with E-state index in [2.05, 4.69) is 35.6 Å². The summed E-state index contributed by atoms with van der Waals surface area (Å²) in [7, 11) is 0. The van der Waals surface area contributed by atoms with Crippen molar-refractivity contribution in [2.24, 2.45) is 0 Å². The first-order valence-corrected chi connectivity index (χ1v) is 5.55. The summed E-state index contributed by atoms with van der Waals surface area (Å²) in [6.45, 7) is 7.54. The van der Waals surface area contributed by atoms with E-state index in [0.717, 1.165) is 12.5 Å². The zero-order valence-corrected chi connectivity index (χ0v) is 9.45. The van der Waals surface area contributed by atoms with Crippen LogP contribution in [0.25, 0.3) is 0 Å². The van der Waals surface area contributed by atoms with Crippen LogP contribution < -0.4 is 5.32 Å². The maximum absolute atomic E-state index is 4.29. The first kappa shape index (κ1) is 11.1. The molecular formula is C11H21N3. The lowest BCUT2D eigenvalue weighted by Crippen LogP contribution is -2.18. The minimum atomic E-state index is 0.516. The highest BCUT2D eigenvalue weighted by molar-refractivity contribution is 5.26. The van der Waals surface area contributed by atoms with Crippen molar-refractivity contribution < 1.29 is 0 Å². The molecule has 0 saturated heterocycles. The first-order valence-electron chi connectivity index (χ1n) is 5.55. The van der Waals surface area contributed by atoms with Crippen LogP contribution in [0.2, 0.25) is 0 Å². The topological polar surface area (TPSA) is 29.9 Å². The summed E-state index contributed by atoms with van der Waals surface area (Å²) in [4.78, 5) is 4.29. The molecule has 0 spiro atoms. The Labute approximate surface area is 86.5 Å². The van der Waals surface area contributed by atoms with Crippen LogP contribution >= 0.6 is 0 Å². The Morgan fingerprint density at radius 2 is 2.29 bits per heavy atom. The van der Waals surface area contributed by atoms with E-state index in [1.165, 1.54) is 19.3 Å². The Kier molecular flexibility index (Phi) is 4.50. The molecule has 1 rings (SSSR count). The fourth-order valence-electron chi connectivity index (χ4n) is 1.51. The van der Waals surface area contributed by atoms with Gasteiger partial charge in [-0.1, -0.05) is 19.8 Å². The second-order valence-corrected chi connectivity index (χ2v) is 3.72. The molecule has 0 radical (unpaired) electrons. The second kappa shape index (κ2) is 5.68. The van der Waals surface area contributed by atoms with E-state index >= 15 is 0 Å². The summed E-state index contributed by atoms with van der Waals surface area (Å²) in [5, 5.41) is 3.43. The van der Waals surface area contributed by atoms with Crippen molar-refractivity contribution in [2.45, 2.75) is 52.6 Å². The molecule has 0 fully saturated rings. The van der Waals surface area contributed by atoms with Gasteiger partial charge in [-0.3, -0.25) is 0 Å². The molecule has 0 amide bonds. The summed E-state index contributed by atoms with van der Waals surface area (Å²) in [6.07, 6.45) is 7.61. The smallest absolute Gasteiger partial charge is 0.202 e. The molecule has 3 nitrogen and oxygen atoms in total. The molecule has 1 heterocycles. The molecular weight excluding hydrogens is 174 g/mol. The van der Waals surface area contributed by atoms with Gasteiger partial charge >= 0.3 is 0 Å². The normalized spacial score (nSPS) is 12.8. The van der Waals surface area contributed by atoms with Crippen molar-refractivity contribution in [1.29, 1.82) is 0 Å². The highest BCUT2D eigenvalue weighted by Gasteiger charge is 2.05. The van der Waals surface area contributed by atoms with E-state index in [1.54, 1.807) is 0 Å². The van der Waals surface area contributed by atoms with Crippen LogP contribution in [0.1, 0.15) is 40.0 Å². The average Bonchev–Trinajstić information content (AvgIpc) is 2.62. The number of rotatable bonds is 6.